The number of thioether (sulfide) groups is 1. The fraction of sp³-hybridized carbons (Fsp3) is 0.200. The number of amides is 1. The molecule has 2 aromatic carbocycles. The molecule has 0 unspecified atom stereocenters. The summed E-state index contributed by atoms with van der Waals surface area (Å²) < 4.78 is 39.2. The van der Waals surface area contributed by atoms with Crippen molar-refractivity contribution < 1.29 is 18.0 Å². The Morgan fingerprint density at radius 3 is 2.70 bits per heavy atom. The van der Waals surface area contributed by atoms with Crippen LogP contribution in [0.5, 0.6) is 0 Å². The predicted octanol–water partition coefficient (Wildman–Crippen LogP) is 4.82. The van der Waals surface area contributed by atoms with Crippen LogP contribution in [0.2, 0.25) is 0 Å². The lowest BCUT2D eigenvalue weighted by atomic mass is 10.1. The molecule has 6 nitrogen and oxygen atoms in total. The van der Waals surface area contributed by atoms with E-state index in [0.29, 0.717) is 11.2 Å². The fourth-order valence-corrected chi connectivity index (χ4v) is 3.78. The normalized spacial score (nSPS) is 11.9. The Bertz CT molecular complexity index is 1240. The summed E-state index contributed by atoms with van der Waals surface area (Å²) in [6.07, 6.45) is -3.72. The lowest BCUT2D eigenvalue weighted by Gasteiger charge is -2.13. The molecule has 30 heavy (non-hydrogen) atoms. The number of alkyl halides is 3. The van der Waals surface area contributed by atoms with Gasteiger partial charge in [0.15, 0.2) is 5.65 Å². The van der Waals surface area contributed by atoms with Gasteiger partial charge in [-0.2, -0.15) is 13.2 Å². The number of nitrogens with one attached hydrogen (secondary N) is 2. The van der Waals surface area contributed by atoms with Gasteiger partial charge in [-0.25, -0.2) is 4.98 Å². The maximum atomic E-state index is 13.1. The topological polar surface area (TPSA) is 83.6 Å². The van der Waals surface area contributed by atoms with Gasteiger partial charge in [-0.05, 0) is 30.2 Å². The first-order valence-electron chi connectivity index (χ1n) is 9.09. The first-order chi connectivity index (χ1) is 14.4. The fourth-order valence-electron chi connectivity index (χ4n) is 3.19. The van der Waals surface area contributed by atoms with E-state index < -0.39 is 17.6 Å². The van der Waals surface area contributed by atoms with E-state index in [0.717, 1.165) is 40.7 Å². The molecule has 0 fully saturated rings. The molecule has 2 aromatic heterocycles. The highest BCUT2D eigenvalue weighted by atomic mass is 32.2. The minimum absolute atomic E-state index is 0.153. The second-order valence-electron chi connectivity index (χ2n) is 6.49. The number of halogens is 3. The third-order valence-corrected chi connectivity index (χ3v) is 5.37. The molecular weight excluding hydrogens is 415 g/mol. The number of hydrogen-bond donors (Lipinski definition) is 2. The van der Waals surface area contributed by atoms with Crippen molar-refractivity contribution in [2.45, 2.75) is 24.7 Å². The van der Waals surface area contributed by atoms with Gasteiger partial charge in [-0.3, -0.25) is 4.79 Å². The maximum Gasteiger partial charge on any atom is 0.418 e. The smallest absolute Gasteiger partial charge is 0.338 e. The van der Waals surface area contributed by atoms with E-state index in [1.54, 1.807) is 0 Å². The molecule has 0 spiro atoms. The number of benzene rings is 2. The largest absolute Gasteiger partial charge is 0.418 e. The molecule has 10 heteroatoms. The van der Waals surface area contributed by atoms with E-state index in [1.165, 1.54) is 18.2 Å². The van der Waals surface area contributed by atoms with Gasteiger partial charge in [0.25, 0.3) is 0 Å². The summed E-state index contributed by atoms with van der Waals surface area (Å²) in [5, 5.41) is 11.8. The highest BCUT2D eigenvalue weighted by Crippen LogP contribution is 2.34. The Kier molecular flexibility index (Phi) is 5.33. The van der Waals surface area contributed by atoms with Crippen LogP contribution in [0.25, 0.3) is 22.1 Å². The third-order valence-electron chi connectivity index (χ3n) is 4.53. The van der Waals surface area contributed by atoms with E-state index in [2.05, 4.69) is 25.5 Å². The van der Waals surface area contributed by atoms with Crippen molar-refractivity contribution in [1.29, 1.82) is 0 Å². The highest BCUT2D eigenvalue weighted by molar-refractivity contribution is 7.99. The molecule has 2 heterocycles. The standard InChI is InChI=1S/C20H16F3N5OS/c1-2-11-6-5-9-14-16(11)17-18(25-14)26-19(28-27-17)30-10-15(29)24-13-8-4-3-7-12(13)20(21,22)23/h3-9H,2,10H2,1H3,(H,24,29)(H,25,26,28). The molecular formula is C20H16F3N5OS. The predicted molar refractivity (Wildman–Crippen MR) is 109 cm³/mol. The number of carbonyl (C=O) groups is 1. The van der Waals surface area contributed by atoms with E-state index in [1.807, 2.05) is 25.1 Å². The van der Waals surface area contributed by atoms with Crippen LogP contribution < -0.4 is 5.32 Å². The zero-order chi connectivity index (χ0) is 21.3. The highest BCUT2D eigenvalue weighted by Gasteiger charge is 2.33. The second-order valence-corrected chi connectivity index (χ2v) is 7.43. The Morgan fingerprint density at radius 1 is 1.13 bits per heavy atom. The van der Waals surface area contributed by atoms with Crippen LogP contribution in [-0.4, -0.2) is 31.8 Å². The summed E-state index contributed by atoms with van der Waals surface area (Å²) in [4.78, 5) is 19.8. The maximum absolute atomic E-state index is 13.1. The number of hydrogen-bond acceptors (Lipinski definition) is 5. The van der Waals surface area contributed by atoms with Gasteiger partial charge in [0, 0.05) is 10.9 Å². The van der Waals surface area contributed by atoms with Crippen molar-refractivity contribution in [1.82, 2.24) is 20.2 Å². The molecule has 2 N–H and O–H groups in total. The van der Waals surface area contributed by atoms with Gasteiger partial charge in [0.2, 0.25) is 11.1 Å². The summed E-state index contributed by atoms with van der Waals surface area (Å²) in [7, 11) is 0. The van der Waals surface area contributed by atoms with Crippen molar-refractivity contribution in [3.63, 3.8) is 0 Å². The summed E-state index contributed by atoms with van der Waals surface area (Å²) in [6.45, 7) is 2.05. The van der Waals surface area contributed by atoms with Crippen LogP contribution in [0.4, 0.5) is 18.9 Å². The number of carbonyl (C=O) groups excluding carboxylic acids is 1. The SMILES string of the molecule is CCc1cccc2[nH]c3nc(SCC(=O)Nc4ccccc4C(F)(F)F)nnc3c12. The Hall–Kier alpha value is -3.14. The quantitative estimate of drug-likeness (QED) is 0.443. The van der Waals surface area contributed by atoms with Gasteiger partial charge >= 0.3 is 6.18 Å². The number of nitrogens with zero attached hydrogens (tertiary/aromatic N) is 3. The lowest BCUT2D eigenvalue weighted by molar-refractivity contribution is -0.137. The Morgan fingerprint density at radius 2 is 1.93 bits per heavy atom. The molecule has 4 rings (SSSR count). The Labute approximate surface area is 173 Å². The number of para-hydroxylation sites is 1. The third kappa shape index (κ3) is 3.95. The zero-order valence-corrected chi connectivity index (χ0v) is 16.6. The molecule has 1 amide bonds. The number of aryl methyl sites for hydroxylation is 1. The van der Waals surface area contributed by atoms with Crippen molar-refractivity contribution in [3.05, 3.63) is 53.6 Å². The van der Waals surface area contributed by atoms with Crippen molar-refractivity contribution >= 4 is 45.4 Å². The van der Waals surface area contributed by atoms with Gasteiger partial charge in [-0.1, -0.05) is 43.0 Å². The van der Waals surface area contributed by atoms with Crippen molar-refractivity contribution in [2.24, 2.45) is 0 Å². The van der Waals surface area contributed by atoms with E-state index >= 15 is 0 Å². The van der Waals surface area contributed by atoms with Crippen molar-refractivity contribution in [3.8, 4) is 0 Å². The molecule has 0 aliphatic heterocycles. The average molecular weight is 431 g/mol. The molecule has 4 aromatic rings. The second kappa shape index (κ2) is 7.94. The average Bonchev–Trinajstić information content (AvgIpc) is 3.09. The summed E-state index contributed by atoms with van der Waals surface area (Å²) in [5.74, 6) is -0.745. The number of anilines is 1. The van der Waals surface area contributed by atoms with Gasteiger partial charge in [-0.15, -0.1) is 10.2 Å². The zero-order valence-electron chi connectivity index (χ0n) is 15.7. The molecule has 0 bridgehead atoms. The number of aromatic nitrogens is 4. The number of H-pyrrole nitrogens is 1. The molecule has 0 saturated heterocycles. The number of aromatic amines is 1. The number of fused-ring (bicyclic) bond motifs is 3. The van der Waals surface area contributed by atoms with Gasteiger partial charge < -0.3 is 10.3 Å². The lowest BCUT2D eigenvalue weighted by Crippen LogP contribution is -2.18. The molecule has 154 valence electrons. The first-order valence-corrected chi connectivity index (χ1v) is 10.1. The minimum Gasteiger partial charge on any atom is -0.338 e. The first kappa shape index (κ1) is 20.1. The van der Waals surface area contributed by atoms with Gasteiger partial charge in [0.1, 0.15) is 5.52 Å². The van der Waals surface area contributed by atoms with Crippen LogP contribution in [0.1, 0.15) is 18.1 Å². The molecule has 0 saturated carbocycles. The van der Waals surface area contributed by atoms with Crippen LogP contribution in [0.3, 0.4) is 0 Å². The monoisotopic (exact) mass is 431 g/mol. The minimum atomic E-state index is -4.55. The van der Waals surface area contributed by atoms with E-state index in [4.69, 9.17) is 0 Å². The molecule has 0 aliphatic rings. The molecule has 0 aliphatic carbocycles. The summed E-state index contributed by atoms with van der Waals surface area (Å²) >= 11 is 0.998. The molecule has 0 radical (unpaired) electrons. The van der Waals surface area contributed by atoms with Crippen molar-refractivity contribution in [2.75, 3.05) is 11.1 Å². The number of rotatable bonds is 5. The summed E-state index contributed by atoms with van der Waals surface area (Å²) in [6, 6.07) is 10.7. The van der Waals surface area contributed by atoms with Crippen LogP contribution >= 0.6 is 11.8 Å². The molecule has 0 atom stereocenters. The van der Waals surface area contributed by atoms with Crippen LogP contribution in [0.15, 0.2) is 47.6 Å². The Balaban J connectivity index is 1.50. The summed E-state index contributed by atoms with van der Waals surface area (Å²) in [5.41, 5.74) is 2.04. The van der Waals surface area contributed by atoms with Crippen LogP contribution in [0, 0.1) is 0 Å². The van der Waals surface area contributed by atoms with Crippen LogP contribution in [-0.2, 0) is 17.4 Å². The van der Waals surface area contributed by atoms with E-state index in [-0.39, 0.29) is 16.6 Å². The van der Waals surface area contributed by atoms with Gasteiger partial charge in [0.05, 0.1) is 17.0 Å². The van der Waals surface area contributed by atoms with E-state index in [9.17, 15) is 18.0 Å².